The molecule has 0 N–H and O–H groups in total. The number of fused-ring (bicyclic) bond motifs is 1. The third-order valence-electron chi connectivity index (χ3n) is 6.54. The summed E-state index contributed by atoms with van der Waals surface area (Å²) in [4.78, 5) is 4.98. The van der Waals surface area contributed by atoms with Crippen molar-refractivity contribution >= 4 is 26.6 Å². The van der Waals surface area contributed by atoms with E-state index < -0.39 is 10.0 Å². The van der Waals surface area contributed by atoms with E-state index in [0.717, 1.165) is 43.8 Å². The van der Waals surface area contributed by atoms with Gasteiger partial charge >= 0.3 is 0 Å². The predicted molar refractivity (Wildman–Crippen MR) is 138 cm³/mol. The van der Waals surface area contributed by atoms with Crippen LogP contribution in [-0.2, 0) is 16.6 Å². The number of aromatic nitrogens is 1. The van der Waals surface area contributed by atoms with E-state index in [1.165, 1.54) is 35.9 Å². The number of methoxy groups -OCH3 is 2. The van der Waals surface area contributed by atoms with Gasteiger partial charge in [-0.1, -0.05) is 30.3 Å². The monoisotopic (exact) mass is 491 g/mol. The molecular weight excluding hydrogens is 462 g/mol. The van der Waals surface area contributed by atoms with Crippen LogP contribution in [0.25, 0.3) is 10.9 Å². The summed E-state index contributed by atoms with van der Waals surface area (Å²) in [6, 6.07) is 23.0. The maximum Gasteiger partial charge on any atom is 0.268 e. The Morgan fingerprint density at radius 1 is 0.800 bits per heavy atom. The summed E-state index contributed by atoms with van der Waals surface area (Å²) < 4.78 is 38.7. The van der Waals surface area contributed by atoms with Crippen LogP contribution in [0.2, 0.25) is 0 Å². The van der Waals surface area contributed by atoms with Crippen molar-refractivity contribution in [2.24, 2.45) is 0 Å². The van der Waals surface area contributed by atoms with Crippen molar-refractivity contribution in [1.29, 1.82) is 0 Å². The van der Waals surface area contributed by atoms with Crippen LogP contribution in [0.1, 0.15) is 5.56 Å². The van der Waals surface area contributed by atoms with Crippen molar-refractivity contribution in [1.82, 2.24) is 8.87 Å². The van der Waals surface area contributed by atoms with E-state index in [1.54, 1.807) is 12.3 Å². The standard InChI is InChI=1S/C27H29N3O4S/c1-33-26-11-9-24(19-27(26)34-2)35(31,32)30-13-12-22-18-23(8-10-25(22)30)29-16-14-28(15-17-29)20-21-6-4-3-5-7-21/h3-13,18-19H,14-17,20H2,1-2H3. The van der Waals surface area contributed by atoms with Crippen LogP contribution in [0.3, 0.4) is 0 Å². The van der Waals surface area contributed by atoms with Crippen molar-refractivity contribution in [3.8, 4) is 11.5 Å². The van der Waals surface area contributed by atoms with Gasteiger partial charge in [0.2, 0.25) is 0 Å². The molecule has 7 nitrogen and oxygen atoms in total. The molecule has 3 aromatic carbocycles. The average Bonchev–Trinajstić information content (AvgIpc) is 3.33. The minimum atomic E-state index is -3.79. The molecule has 1 aromatic heterocycles. The van der Waals surface area contributed by atoms with Crippen LogP contribution in [0.4, 0.5) is 5.69 Å². The van der Waals surface area contributed by atoms with Crippen LogP contribution < -0.4 is 14.4 Å². The molecule has 5 rings (SSSR count). The topological polar surface area (TPSA) is 64.0 Å². The SMILES string of the molecule is COc1ccc(S(=O)(=O)n2ccc3cc(N4CCN(Cc5ccccc5)CC4)ccc32)cc1OC. The van der Waals surface area contributed by atoms with Gasteiger partial charge in [0, 0.05) is 56.1 Å². The second-order valence-electron chi connectivity index (χ2n) is 8.63. The van der Waals surface area contributed by atoms with Crippen LogP contribution in [0.15, 0.2) is 83.9 Å². The molecule has 0 radical (unpaired) electrons. The molecule has 1 aliphatic heterocycles. The molecule has 0 amide bonds. The number of piperazine rings is 1. The third kappa shape index (κ3) is 4.59. The molecular formula is C27H29N3O4S. The van der Waals surface area contributed by atoms with Gasteiger partial charge in [-0.15, -0.1) is 0 Å². The summed E-state index contributed by atoms with van der Waals surface area (Å²) in [5.74, 6) is 0.857. The van der Waals surface area contributed by atoms with E-state index in [4.69, 9.17) is 9.47 Å². The first-order valence-electron chi connectivity index (χ1n) is 11.6. The smallest absolute Gasteiger partial charge is 0.268 e. The molecule has 0 atom stereocenters. The van der Waals surface area contributed by atoms with Gasteiger partial charge in [0.05, 0.1) is 24.6 Å². The molecule has 2 heterocycles. The van der Waals surface area contributed by atoms with Crippen molar-refractivity contribution in [2.45, 2.75) is 11.4 Å². The van der Waals surface area contributed by atoms with Crippen LogP contribution in [-0.4, -0.2) is 57.7 Å². The Bertz CT molecular complexity index is 1430. The maximum atomic E-state index is 13.4. The van der Waals surface area contributed by atoms with Crippen LogP contribution >= 0.6 is 0 Å². The number of hydrogen-bond acceptors (Lipinski definition) is 6. The molecule has 4 aromatic rings. The molecule has 0 bridgehead atoms. The van der Waals surface area contributed by atoms with E-state index in [9.17, 15) is 8.42 Å². The summed E-state index contributed by atoms with van der Waals surface area (Å²) in [6.07, 6.45) is 1.61. The number of rotatable bonds is 7. The van der Waals surface area contributed by atoms with E-state index in [1.807, 2.05) is 24.3 Å². The summed E-state index contributed by atoms with van der Waals surface area (Å²) in [5.41, 5.74) is 3.09. The van der Waals surface area contributed by atoms with Gasteiger partial charge in [-0.05, 0) is 42.0 Å². The Labute approximate surface area is 206 Å². The second-order valence-corrected chi connectivity index (χ2v) is 10.4. The molecule has 0 aliphatic carbocycles. The minimum Gasteiger partial charge on any atom is -0.493 e. The van der Waals surface area contributed by atoms with Crippen molar-refractivity contribution < 1.29 is 17.9 Å². The lowest BCUT2D eigenvalue weighted by Gasteiger charge is -2.36. The fraction of sp³-hybridized carbons (Fsp3) is 0.259. The number of benzene rings is 3. The molecule has 0 saturated carbocycles. The molecule has 35 heavy (non-hydrogen) atoms. The lowest BCUT2D eigenvalue weighted by molar-refractivity contribution is 0.250. The van der Waals surface area contributed by atoms with Gasteiger partial charge in [-0.3, -0.25) is 4.90 Å². The second kappa shape index (κ2) is 9.64. The molecule has 0 unspecified atom stereocenters. The van der Waals surface area contributed by atoms with E-state index in [0.29, 0.717) is 17.0 Å². The largest absolute Gasteiger partial charge is 0.493 e. The highest BCUT2D eigenvalue weighted by atomic mass is 32.2. The molecule has 1 aliphatic rings. The van der Waals surface area contributed by atoms with Crippen LogP contribution in [0.5, 0.6) is 11.5 Å². The van der Waals surface area contributed by atoms with Gasteiger partial charge in [0.25, 0.3) is 10.0 Å². The molecule has 0 spiro atoms. The molecule has 1 fully saturated rings. The number of ether oxygens (including phenoxy) is 2. The van der Waals surface area contributed by atoms with Gasteiger partial charge in [0.1, 0.15) is 0 Å². The molecule has 182 valence electrons. The average molecular weight is 492 g/mol. The first-order valence-corrected chi connectivity index (χ1v) is 13.0. The fourth-order valence-electron chi connectivity index (χ4n) is 4.61. The molecule has 1 saturated heterocycles. The highest BCUT2D eigenvalue weighted by molar-refractivity contribution is 7.90. The van der Waals surface area contributed by atoms with E-state index in [-0.39, 0.29) is 4.90 Å². The Morgan fingerprint density at radius 2 is 1.54 bits per heavy atom. The third-order valence-corrected chi connectivity index (χ3v) is 8.22. The number of nitrogens with zero attached hydrogens (tertiary/aromatic N) is 3. The van der Waals surface area contributed by atoms with Crippen molar-refractivity contribution in [3.63, 3.8) is 0 Å². The highest BCUT2D eigenvalue weighted by Crippen LogP contribution is 2.32. The zero-order valence-corrected chi connectivity index (χ0v) is 20.7. The van der Waals surface area contributed by atoms with E-state index in [2.05, 4.69) is 40.1 Å². The maximum absolute atomic E-state index is 13.4. The lowest BCUT2D eigenvalue weighted by atomic mass is 10.1. The fourth-order valence-corrected chi connectivity index (χ4v) is 5.98. The number of anilines is 1. The predicted octanol–water partition coefficient (Wildman–Crippen LogP) is 4.22. The lowest BCUT2D eigenvalue weighted by Crippen LogP contribution is -2.45. The summed E-state index contributed by atoms with van der Waals surface area (Å²) in [5, 5.41) is 0.887. The van der Waals surface area contributed by atoms with Gasteiger partial charge in [0.15, 0.2) is 11.5 Å². The highest BCUT2D eigenvalue weighted by Gasteiger charge is 2.22. The summed E-state index contributed by atoms with van der Waals surface area (Å²) in [6.45, 7) is 4.81. The zero-order valence-electron chi connectivity index (χ0n) is 19.9. The van der Waals surface area contributed by atoms with Crippen molar-refractivity contribution in [2.75, 3.05) is 45.3 Å². The Hall–Kier alpha value is -3.49. The van der Waals surface area contributed by atoms with Crippen LogP contribution in [0, 0.1) is 0 Å². The zero-order chi connectivity index (χ0) is 24.4. The Kier molecular flexibility index (Phi) is 6.40. The summed E-state index contributed by atoms with van der Waals surface area (Å²) in [7, 11) is -0.785. The molecule has 8 heteroatoms. The first-order chi connectivity index (χ1) is 17.0. The van der Waals surface area contributed by atoms with E-state index >= 15 is 0 Å². The number of hydrogen-bond donors (Lipinski definition) is 0. The first kappa shape index (κ1) is 23.3. The quantitative estimate of drug-likeness (QED) is 0.386. The Balaban J connectivity index is 1.34. The van der Waals surface area contributed by atoms with Gasteiger partial charge < -0.3 is 14.4 Å². The van der Waals surface area contributed by atoms with Gasteiger partial charge in [-0.25, -0.2) is 12.4 Å². The normalized spacial score (nSPS) is 14.9. The minimum absolute atomic E-state index is 0.145. The Morgan fingerprint density at radius 3 is 2.26 bits per heavy atom. The summed E-state index contributed by atoms with van der Waals surface area (Å²) >= 11 is 0. The van der Waals surface area contributed by atoms with Crippen molar-refractivity contribution in [3.05, 3.63) is 84.6 Å². The van der Waals surface area contributed by atoms with Gasteiger partial charge in [-0.2, -0.15) is 0 Å².